The molecular weight excluding hydrogens is 458 g/mol. The van der Waals surface area contributed by atoms with Gasteiger partial charge in [-0.2, -0.15) is 0 Å². The number of carbonyl (C=O) groups excluding carboxylic acids is 2. The van der Waals surface area contributed by atoms with Crippen molar-refractivity contribution in [1.82, 2.24) is 14.5 Å². The lowest BCUT2D eigenvalue weighted by molar-refractivity contribution is -0.384. The van der Waals surface area contributed by atoms with E-state index in [9.17, 15) is 19.7 Å². The van der Waals surface area contributed by atoms with Crippen LogP contribution in [0.5, 0.6) is 0 Å². The Bertz CT molecular complexity index is 1550. The largest absolute Gasteiger partial charge is 0.298 e. The van der Waals surface area contributed by atoms with Crippen molar-refractivity contribution in [3.05, 3.63) is 123 Å². The number of nitrogens with zero attached hydrogens (tertiary/aromatic N) is 5. The summed E-state index contributed by atoms with van der Waals surface area (Å²) < 4.78 is 1.86. The molecule has 0 aliphatic carbocycles. The van der Waals surface area contributed by atoms with E-state index in [4.69, 9.17) is 4.99 Å². The van der Waals surface area contributed by atoms with Gasteiger partial charge in [-0.15, -0.1) is 0 Å². The lowest BCUT2D eigenvalue weighted by Gasteiger charge is -2.17. The molecule has 36 heavy (non-hydrogen) atoms. The van der Waals surface area contributed by atoms with E-state index < -0.39 is 4.92 Å². The molecule has 3 heterocycles. The number of nitro benzene ring substituents is 1. The summed E-state index contributed by atoms with van der Waals surface area (Å²) in [6.07, 6.45) is 2.01. The van der Waals surface area contributed by atoms with Crippen LogP contribution in [-0.2, 0) is 13.0 Å². The lowest BCUT2D eigenvalue weighted by atomic mass is 10.00. The number of benzene rings is 3. The molecule has 0 fully saturated rings. The van der Waals surface area contributed by atoms with Crippen LogP contribution in [0.25, 0.3) is 5.69 Å². The van der Waals surface area contributed by atoms with Crippen LogP contribution < -0.4 is 0 Å². The van der Waals surface area contributed by atoms with E-state index in [1.807, 2.05) is 34.9 Å². The minimum absolute atomic E-state index is 0.0472. The molecule has 2 amide bonds. The molecule has 0 saturated carbocycles. The average Bonchev–Trinajstić information content (AvgIpc) is 3.35. The van der Waals surface area contributed by atoms with Gasteiger partial charge in [-0.3, -0.25) is 34.2 Å². The van der Waals surface area contributed by atoms with Crippen LogP contribution in [0.2, 0.25) is 0 Å². The van der Waals surface area contributed by atoms with Crippen LogP contribution >= 0.6 is 0 Å². The van der Waals surface area contributed by atoms with E-state index in [0.29, 0.717) is 29.1 Å². The van der Waals surface area contributed by atoms with E-state index >= 15 is 0 Å². The van der Waals surface area contributed by atoms with Gasteiger partial charge in [0.1, 0.15) is 5.82 Å². The number of non-ortho nitro benzene ring substituents is 1. The second kappa shape index (κ2) is 8.38. The quantitative estimate of drug-likeness (QED) is 0.245. The fraction of sp³-hybridized carbons (Fsp3) is 0.111. The first kappa shape index (κ1) is 21.6. The van der Waals surface area contributed by atoms with Gasteiger partial charge in [0.05, 0.1) is 34.0 Å². The fourth-order valence-corrected chi connectivity index (χ4v) is 4.78. The number of hydrogen-bond acceptors (Lipinski definition) is 6. The molecular formula is C27H19N5O4. The zero-order chi connectivity index (χ0) is 24.8. The van der Waals surface area contributed by atoms with Crippen LogP contribution in [-0.4, -0.2) is 43.4 Å². The highest BCUT2D eigenvalue weighted by Crippen LogP contribution is 2.30. The van der Waals surface area contributed by atoms with Gasteiger partial charge in [-0.1, -0.05) is 42.5 Å². The number of imidazole rings is 1. The Morgan fingerprint density at radius 3 is 2.28 bits per heavy atom. The zero-order valence-corrected chi connectivity index (χ0v) is 19.0. The third-order valence-corrected chi connectivity index (χ3v) is 6.49. The molecule has 0 spiro atoms. The number of fused-ring (bicyclic) bond motifs is 4. The van der Waals surface area contributed by atoms with Gasteiger partial charge in [0.2, 0.25) is 0 Å². The molecule has 1 aromatic heterocycles. The third-order valence-electron chi connectivity index (χ3n) is 6.49. The van der Waals surface area contributed by atoms with Gasteiger partial charge in [0.25, 0.3) is 17.5 Å². The summed E-state index contributed by atoms with van der Waals surface area (Å²) in [5, 5.41) is 11.6. The summed E-state index contributed by atoms with van der Waals surface area (Å²) in [7, 11) is 0. The van der Waals surface area contributed by atoms with Crippen LogP contribution in [0.4, 0.5) is 5.69 Å². The van der Waals surface area contributed by atoms with E-state index in [1.165, 1.54) is 17.0 Å². The van der Waals surface area contributed by atoms with E-state index in [2.05, 4.69) is 4.98 Å². The molecule has 0 radical (unpaired) electrons. The number of carbonyl (C=O) groups is 2. The topological polar surface area (TPSA) is 111 Å². The Morgan fingerprint density at radius 2 is 1.58 bits per heavy atom. The van der Waals surface area contributed by atoms with E-state index in [1.54, 1.807) is 36.5 Å². The second-order valence-corrected chi connectivity index (χ2v) is 8.55. The smallest absolute Gasteiger partial charge is 0.271 e. The maximum Gasteiger partial charge on any atom is 0.271 e. The highest BCUT2D eigenvalue weighted by molar-refractivity contribution is 6.21. The van der Waals surface area contributed by atoms with Gasteiger partial charge in [-0.25, -0.2) is 4.98 Å². The number of hydrogen-bond donors (Lipinski definition) is 0. The fourth-order valence-electron chi connectivity index (χ4n) is 4.78. The Kier molecular flexibility index (Phi) is 5.03. The van der Waals surface area contributed by atoms with Gasteiger partial charge in [-0.05, 0) is 18.2 Å². The summed E-state index contributed by atoms with van der Waals surface area (Å²) in [5.74, 6) is -0.0195. The summed E-state index contributed by atoms with van der Waals surface area (Å²) in [4.78, 5) is 47.4. The molecule has 2 aliphatic heterocycles. The molecule has 0 N–H and O–H groups in total. The SMILES string of the molecule is O=C1c2ccccc2C(=O)N1CCc1cnc2n1-c1cc([N+](=O)[O-])ccc1C(c1ccccc1)=NC2. The first-order chi connectivity index (χ1) is 17.5. The minimum atomic E-state index is -0.431. The highest BCUT2D eigenvalue weighted by Gasteiger charge is 2.35. The normalized spacial score (nSPS) is 14.1. The second-order valence-electron chi connectivity index (χ2n) is 8.55. The van der Waals surface area contributed by atoms with Gasteiger partial charge in [0, 0.05) is 48.1 Å². The van der Waals surface area contributed by atoms with Crippen molar-refractivity contribution < 1.29 is 14.5 Å². The van der Waals surface area contributed by atoms with Crippen molar-refractivity contribution in [2.75, 3.05) is 6.54 Å². The number of aromatic nitrogens is 2. The van der Waals surface area contributed by atoms with Crippen molar-refractivity contribution in [2.45, 2.75) is 13.0 Å². The van der Waals surface area contributed by atoms with Crippen molar-refractivity contribution in [1.29, 1.82) is 0 Å². The molecule has 9 heteroatoms. The Morgan fingerprint density at radius 1 is 0.889 bits per heavy atom. The van der Waals surface area contributed by atoms with Crippen molar-refractivity contribution in [3.63, 3.8) is 0 Å². The first-order valence-electron chi connectivity index (χ1n) is 11.4. The Balaban J connectivity index is 1.39. The molecule has 0 atom stereocenters. The lowest BCUT2D eigenvalue weighted by Crippen LogP contribution is -2.32. The number of rotatable bonds is 5. The minimum Gasteiger partial charge on any atom is -0.298 e. The molecule has 176 valence electrons. The molecule has 0 unspecified atom stereocenters. The molecule has 0 saturated heterocycles. The van der Waals surface area contributed by atoms with E-state index in [-0.39, 0.29) is 30.6 Å². The summed E-state index contributed by atoms with van der Waals surface area (Å²) in [5.41, 5.74) is 4.43. The molecule has 3 aromatic carbocycles. The van der Waals surface area contributed by atoms with Crippen LogP contribution in [0.15, 0.2) is 84.0 Å². The summed E-state index contributed by atoms with van der Waals surface area (Å²) in [6, 6.07) is 21.1. The zero-order valence-electron chi connectivity index (χ0n) is 19.0. The van der Waals surface area contributed by atoms with Crippen molar-refractivity contribution in [3.8, 4) is 5.69 Å². The summed E-state index contributed by atoms with van der Waals surface area (Å²) in [6.45, 7) is 0.438. The Hall–Kier alpha value is -4.92. The standard InChI is InChI=1S/C27H19N5O4/c33-26-20-8-4-5-9-21(20)27(34)30(26)13-12-19-15-28-24-16-29-25(17-6-2-1-3-7-17)22-11-10-18(32(35)36)14-23(22)31(19)24/h1-11,14-15H,12-13,16H2. The average molecular weight is 477 g/mol. The van der Waals surface area contributed by atoms with Crippen LogP contribution in [0, 0.1) is 10.1 Å². The number of amides is 2. The molecule has 6 rings (SSSR count). The highest BCUT2D eigenvalue weighted by atomic mass is 16.6. The first-order valence-corrected chi connectivity index (χ1v) is 11.4. The maximum absolute atomic E-state index is 12.8. The van der Waals surface area contributed by atoms with Crippen molar-refractivity contribution in [2.24, 2.45) is 4.99 Å². The van der Waals surface area contributed by atoms with Gasteiger partial charge in [0.15, 0.2) is 0 Å². The Labute approximate surface area is 205 Å². The third kappa shape index (κ3) is 3.40. The monoisotopic (exact) mass is 477 g/mol. The molecule has 2 aliphatic rings. The number of aliphatic imine (C=N–C) groups is 1. The maximum atomic E-state index is 12.8. The predicted molar refractivity (Wildman–Crippen MR) is 132 cm³/mol. The van der Waals surface area contributed by atoms with Gasteiger partial charge >= 0.3 is 0 Å². The van der Waals surface area contributed by atoms with Crippen molar-refractivity contribution >= 4 is 23.2 Å². The summed E-state index contributed by atoms with van der Waals surface area (Å²) >= 11 is 0. The van der Waals surface area contributed by atoms with E-state index in [0.717, 1.165) is 22.5 Å². The van der Waals surface area contributed by atoms with Crippen LogP contribution in [0.3, 0.4) is 0 Å². The molecule has 9 nitrogen and oxygen atoms in total. The molecule has 4 aromatic rings. The predicted octanol–water partition coefficient (Wildman–Crippen LogP) is 3.97. The number of imide groups is 1. The number of nitro groups is 1. The van der Waals surface area contributed by atoms with Gasteiger partial charge < -0.3 is 0 Å². The van der Waals surface area contributed by atoms with Crippen LogP contribution in [0.1, 0.15) is 43.4 Å². The molecule has 0 bridgehead atoms.